The van der Waals surface area contributed by atoms with Gasteiger partial charge in [0.15, 0.2) is 0 Å². The molecule has 3 heteroatoms. The fourth-order valence-corrected chi connectivity index (χ4v) is 0.520. The van der Waals surface area contributed by atoms with E-state index in [4.69, 9.17) is 5.73 Å². The minimum Gasteiger partial charge on any atom is -0.323 e. The highest BCUT2D eigenvalue weighted by atomic mass is 15.1. The molecule has 0 saturated carbocycles. The minimum atomic E-state index is 0.0671. The van der Waals surface area contributed by atoms with Gasteiger partial charge < -0.3 is 5.73 Å². The molecular formula is C5H9N3. The first-order valence-electron chi connectivity index (χ1n) is 2.55. The van der Waals surface area contributed by atoms with Crippen molar-refractivity contribution in [2.45, 2.75) is 13.0 Å². The highest BCUT2D eigenvalue weighted by molar-refractivity contribution is 5.01. The standard InChI is InChI=1S/C5H9N3/c1-4(6)5-2-3-7-8-5/h2-4H,6H2,1H3,(H,7,8)/t4-/m1/s1. The molecule has 8 heavy (non-hydrogen) atoms. The van der Waals surface area contributed by atoms with Crippen LogP contribution in [0.25, 0.3) is 0 Å². The lowest BCUT2D eigenvalue weighted by atomic mass is 10.3. The lowest BCUT2D eigenvalue weighted by Crippen LogP contribution is -2.04. The monoisotopic (exact) mass is 111 g/mol. The van der Waals surface area contributed by atoms with E-state index >= 15 is 0 Å². The van der Waals surface area contributed by atoms with Crippen LogP contribution in [0.5, 0.6) is 0 Å². The molecule has 0 radical (unpaired) electrons. The number of nitrogens with two attached hydrogens (primary N) is 1. The van der Waals surface area contributed by atoms with Gasteiger partial charge >= 0.3 is 0 Å². The van der Waals surface area contributed by atoms with Crippen molar-refractivity contribution in [2.24, 2.45) is 5.73 Å². The van der Waals surface area contributed by atoms with Crippen LogP contribution in [0.15, 0.2) is 12.3 Å². The van der Waals surface area contributed by atoms with Crippen molar-refractivity contribution in [3.63, 3.8) is 0 Å². The fourth-order valence-electron chi connectivity index (χ4n) is 0.520. The van der Waals surface area contributed by atoms with Gasteiger partial charge in [-0.15, -0.1) is 0 Å². The molecule has 0 aliphatic rings. The fraction of sp³-hybridized carbons (Fsp3) is 0.400. The van der Waals surface area contributed by atoms with Gasteiger partial charge in [-0.2, -0.15) is 5.10 Å². The summed E-state index contributed by atoms with van der Waals surface area (Å²) in [6.07, 6.45) is 1.69. The van der Waals surface area contributed by atoms with E-state index in [-0.39, 0.29) is 6.04 Å². The first-order chi connectivity index (χ1) is 3.80. The Bertz CT molecular complexity index is 143. The summed E-state index contributed by atoms with van der Waals surface area (Å²) in [5.74, 6) is 0. The number of aromatic nitrogens is 2. The molecule has 1 aromatic heterocycles. The Kier molecular flexibility index (Phi) is 1.30. The Morgan fingerprint density at radius 1 is 1.88 bits per heavy atom. The van der Waals surface area contributed by atoms with Gasteiger partial charge in [-0.1, -0.05) is 0 Å². The quantitative estimate of drug-likeness (QED) is 0.552. The Hall–Kier alpha value is -0.830. The molecule has 3 nitrogen and oxygen atoms in total. The maximum atomic E-state index is 5.49. The van der Waals surface area contributed by atoms with E-state index < -0.39 is 0 Å². The second-order valence-electron chi connectivity index (χ2n) is 1.80. The molecule has 0 saturated heterocycles. The van der Waals surface area contributed by atoms with E-state index in [9.17, 15) is 0 Å². The van der Waals surface area contributed by atoms with Gasteiger partial charge in [0.2, 0.25) is 0 Å². The number of aromatic amines is 1. The zero-order valence-electron chi connectivity index (χ0n) is 4.76. The summed E-state index contributed by atoms with van der Waals surface area (Å²) < 4.78 is 0. The number of hydrogen-bond donors (Lipinski definition) is 2. The molecule has 1 heterocycles. The van der Waals surface area contributed by atoms with Crippen LogP contribution in [0.3, 0.4) is 0 Å². The Balaban J connectivity index is 2.77. The smallest absolute Gasteiger partial charge is 0.0516 e. The maximum Gasteiger partial charge on any atom is 0.0516 e. The average Bonchev–Trinajstić information content (AvgIpc) is 2.12. The molecule has 0 fully saturated rings. The summed E-state index contributed by atoms with van der Waals surface area (Å²) in [7, 11) is 0. The first-order valence-corrected chi connectivity index (χ1v) is 2.55. The Morgan fingerprint density at radius 2 is 2.62 bits per heavy atom. The van der Waals surface area contributed by atoms with Crippen molar-refractivity contribution in [2.75, 3.05) is 0 Å². The predicted molar refractivity (Wildman–Crippen MR) is 31.2 cm³/mol. The van der Waals surface area contributed by atoms with Crippen LogP contribution in [-0.4, -0.2) is 10.2 Å². The van der Waals surface area contributed by atoms with E-state index in [1.807, 2.05) is 13.0 Å². The summed E-state index contributed by atoms with van der Waals surface area (Å²) in [5, 5.41) is 6.50. The molecular weight excluding hydrogens is 102 g/mol. The van der Waals surface area contributed by atoms with Crippen LogP contribution in [0.1, 0.15) is 18.7 Å². The van der Waals surface area contributed by atoms with E-state index in [2.05, 4.69) is 10.2 Å². The topological polar surface area (TPSA) is 54.7 Å². The molecule has 0 unspecified atom stereocenters. The summed E-state index contributed by atoms with van der Waals surface area (Å²) in [6.45, 7) is 1.91. The van der Waals surface area contributed by atoms with E-state index in [0.717, 1.165) is 5.69 Å². The van der Waals surface area contributed by atoms with Gasteiger partial charge in [0.1, 0.15) is 0 Å². The predicted octanol–water partition coefficient (Wildman–Crippen LogP) is 0.429. The number of H-pyrrole nitrogens is 1. The average molecular weight is 111 g/mol. The number of rotatable bonds is 1. The van der Waals surface area contributed by atoms with Crippen LogP contribution in [-0.2, 0) is 0 Å². The second-order valence-corrected chi connectivity index (χ2v) is 1.80. The molecule has 1 aromatic rings. The van der Waals surface area contributed by atoms with Gasteiger partial charge in [0.05, 0.1) is 5.69 Å². The summed E-state index contributed by atoms with van der Waals surface area (Å²) >= 11 is 0. The van der Waals surface area contributed by atoms with E-state index in [1.54, 1.807) is 6.20 Å². The molecule has 44 valence electrons. The molecule has 1 rings (SSSR count). The third-order valence-corrected chi connectivity index (χ3v) is 1.01. The zero-order valence-corrected chi connectivity index (χ0v) is 4.76. The van der Waals surface area contributed by atoms with Crippen molar-refractivity contribution < 1.29 is 0 Å². The second kappa shape index (κ2) is 1.96. The van der Waals surface area contributed by atoms with Crippen molar-refractivity contribution in [3.8, 4) is 0 Å². The summed E-state index contributed by atoms with van der Waals surface area (Å²) in [4.78, 5) is 0. The lowest BCUT2D eigenvalue weighted by molar-refractivity contribution is 0.772. The molecule has 0 amide bonds. The molecule has 3 N–H and O–H groups in total. The molecule has 0 bridgehead atoms. The Morgan fingerprint density at radius 3 is 2.88 bits per heavy atom. The first kappa shape index (κ1) is 5.31. The molecule has 0 aliphatic heterocycles. The van der Waals surface area contributed by atoms with Crippen LogP contribution in [0, 0.1) is 0 Å². The number of hydrogen-bond acceptors (Lipinski definition) is 2. The van der Waals surface area contributed by atoms with Crippen LogP contribution in [0.2, 0.25) is 0 Å². The van der Waals surface area contributed by atoms with Gasteiger partial charge in [0.25, 0.3) is 0 Å². The molecule has 0 aromatic carbocycles. The molecule has 0 aliphatic carbocycles. The van der Waals surface area contributed by atoms with Gasteiger partial charge in [-0.25, -0.2) is 0 Å². The number of nitrogens with one attached hydrogen (secondary N) is 1. The third-order valence-electron chi connectivity index (χ3n) is 1.01. The normalized spacial score (nSPS) is 13.8. The highest BCUT2D eigenvalue weighted by Gasteiger charge is 1.96. The minimum absolute atomic E-state index is 0.0671. The zero-order chi connectivity index (χ0) is 5.98. The summed E-state index contributed by atoms with van der Waals surface area (Å²) in [6, 6.07) is 1.93. The lowest BCUT2D eigenvalue weighted by Gasteiger charge is -1.96. The molecule has 1 atom stereocenters. The van der Waals surface area contributed by atoms with E-state index in [1.165, 1.54) is 0 Å². The van der Waals surface area contributed by atoms with Crippen LogP contribution >= 0.6 is 0 Å². The highest BCUT2D eigenvalue weighted by Crippen LogP contribution is 2.01. The number of nitrogens with zero attached hydrogens (tertiary/aromatic N) is 1. The molecule has 0 spiro atoms. The van der Waals surface area contributed by atoms with Gasteiger partial charge in [-0.05, 0) is 13.0 Å². The van der Waals surface area contributed by atoms with Crippen molar-refractivity contribution in [1.29, 1.82) is 0 Å². The maximum absolute atomic E-state index is 5.49. The summed E-state index contributed by atoms with van der Waals surface area (Å²) in [5.41, 5.74) is 6.46. The van der Waals surface area contributed by atoms with Crippen molar-refractivity contribution in [3.05, 3.63) is 18.0 Å². The Labute approximate surface area is 47.9 Å². The van der Waals surface area contributed by atoms with Crippen LogP contribution < -0.4 is 5.73 Å². The van der Waals surface area contributed by atoms with Gasteiger partial charge in [0, 0.05) is 12.2 Å². The third kappa shape index (κ3) is 0.869. The van der Waals surface area contributed by atoms with Crippen molar-refractivity contribution in [1.82, 2.24) is 10.2 Å². The van der Waals surface area contributed by atoms with Crippen LogP contribution in [0.4, 0.5) is 0 Å². The SMILES string of the molecule is C[C@@H](N)c1ccn[nH]1. The van der Waals surface area contributed by atoms with Crippen molar-refractivity contribution >= 4 is 0 Å². The largest absolute Gasteiger partial charge is 0.323 e. The van der Waals surface area contributed by atoms with Gasteiger partial charge in [-0.3, -0.25) is 5.10 Å². The van der Waals surface area contributed by atoms with E-state index in [0.29, 0.717) is 0 Å².